The van der Waals surface area contributed by atoms with E-state index in [0.717, 1.165) is 19.4 Å². The Morgan fingerprint density at radius 1 is 1.54 bits per heavy atom. The van der Waals surface area contributed by atoms with Crippen molar-refractivity contribution in [2.24, 2.45) is 5.92 Å². The SMILES string of the molecule is CC1CCN(C(=O)[C@@H](C)O)C(C)C1. The summed E-state index contributed by atoms with van der Waals surface area (Å²) in [6, 6.07) is 0.283. The molecule has 1 aliphatic heterocycles. The predicted molar refractivity (Wildman–Crippen MR) is 51.3 cm³/mol. The molecule has 1 rings (SSSR count). The van der Waals surface area contributed by atoms with Crippen LogP contribution in [0.4, 0.5) is 0 Å². The first-order valence-corrected chi connectivity index (χ1v) is 5.01. The molecule has 3 heteroatoms. The second kappa shape index (κ2) is 4.09. The Hall–Kier alpha value is -0.570. The number of carbonyl (C=O) groups is 1. The van der Waals surface area contributed by atoms with Gasteiger partial charge in [-0.05, 0) is 32.6 Å². The van der Waals surface area contributed by atoms with Gasteiger partial charge in [-0.1, -0.05) is 6.92 Å². The molecule has 1 amide bonds. The highest BCUT2D eigenvalue weighted by Crippen LogP contribution is 2.22. The Morgan fingerprint density at radius 3 is 2.62 bits per heavy atom. The third-order valence-corrected chi connectivity index (χ3v) is 2.78. The van der Waals surface area contributed by atoms with Crippen LogP contribution in [0.25, 0.3) is 0 Å². The lowest BCUT2D eigenvalue weighted by molar-refractivity contribution is -0.143. The summed E-state index contributed by atoms with van der Waals surface area (Å²) in [5.41, 5.74) is 0. The number of aliphatic hydroxyl groups is 1. The highest BCUT2D eigenvalue weighted by Gasteiger charge is 2.28. The van der Waals surface area contributed by atoms with Crippen molar-refractivity contribution in [3.8, 4) is 0 Å². The lowest BCUT2D eigenvalue weighted by Gasteiger charge is -2.37. The average molecular weight is 185 g/mol. The summed E-state index contributed by atoms with van der Waals surface area (Å²) in [4.78, 5) is 13.3. The van der Waals surface area contributed by atoms with Gasteiger partial charge in [-0.25, -0.2) is 0 Å². The summed E-state index contributed by atoms with van der Waals surface area (Å²) >= 11 is 0. The van der Waals surface area contributed by atoms with Crippen LogP contribution in [0.15, 0.2) is 0 Å². The van der Waals surface area contributed by atoms with Crippen LogP contribution in [0, 0.1) is 5.92 Å². The molecule has 76 valence electrons. The number of piperidine rings is 1. The monoisotopic (exact) mass is 185 g/mol. The van der Waals surface area contributed by atoms with Crippen LogP contribution in [-0.4, -0.2) is 34.6 Å². The fourth-order valence-electron chi connectivity index (χ4n) is 1.97. The summed E-state index contributed by atoms with van der Waals surface area (Å²) in [5, 5.41) is 9.17. The van der Waals surface area contributed by atoms with Gasteiger partial charge in [0.2, 0.25) is 0 Å². The molecule has 0 aromatic rings. The van der Waals surface area contributed by atoms with Gasteiger partial charge in [-0.15, -0.1) is 0 Å². The zero-order valence-corrected chi connectivity index (χ0v) is 8.66. The molecule has 0 bridgehead atoms. The van der Waals surface area contributed by atoms with Crippen molar-refractivity contribution in [3.63, 3.8) is 0 Å². The van der Waals surface area contributed by atoms with E-state index >= 15 is 0 Å². The van der Waals surface area contributed by atoms with Gasteiger partial charge in [-0.2, -0.15) is 0 Å². The molecule has 0 aromatic heterocycles. The van der Waals surface area contributed by atoms with Crippen LogP contribution in [0.2, 0.25) is 0 Å². The van der Waals surface area contributed by atoms with E-state index < -0.39 is 6.10 Å². The Kier molecular flexibility index (Phi) is 3.31. The van der Waals surface area contributed by atoms with Crippen molar-refractivity contribution >= 4 is 5.91 Å². The smallest absolute Gasteiger partial charge is 0.251 e. The number of nitrogens with zero attached hydrogens (tertiary/aromatic N) is 1. The molecule has 1 fully saturated rings. The number of amides is 1. The Bertz CT molecular complexity index is 191. The molecule has 0 aliphatic carbocycles. The maximum atomic E-state index is 11.5. The lowest BCUT2D eigenvalue weighted by Crippen LogP contribution is -2.47. The summed E-state index contributed by atoms with van der Waals surface area (Å²) in [7, 11) is 0. The summed E-state index contributed by atoms with van der Waals surface area (Å²) < 4.78 is 0. The van der Waals surface area contributed by atoms with Crippen molar-refractivity contribution in [1.82, 2.24) is 4.90 Å². The van der Waals surface area contributed by atoms with E-state index in [1.807, 2.05) is 0 Å². The highest BCUT2D eigenvalue weighted by atomic mass is 16.3. The van der Waals surface area contributed by atoms with Gasteiger partial charge in [-0.3, -0.25) is 4.79 Å². The lowest BCUT2D eigenvalue weighted by atomic mass is 9.93. The number of hydrogen-bond donors (Lipinski definition) is 1. The van der Waals surface area contributed by atoms with Crippen LogP contribution < -0.4 is 0 Å². The Labute approximate surface area is 79.7 Å². The second-order valence-electron chi connectivity index (χ2n) is 4.19. The maximum Gasteiger partial charge on any atom is 0.251 e. The minimum atomic E-state index is -0.851. The minimum Gasteiger partial charge on any atom is -0.384 e. The fourth-order valence-corrected chi connectivity index (χ4v) is 1.97. The van der Waals surface area contributed by atoms with Crippen LogP contribution in [0.1, 0.15) is 33.6 Å². The van der Waals surface area contributed by atoms with Crippen molar-refractivity contribution in [2.75, 3.05) is 6.54 Å². The van der Waals surface area contributed by atoms with Gasteiger partial charge in [0.1, 0.15) is 6.10 Å². The minimum absolute atomic E-state index is 0.126. The molecule has 2 unspecified atom stereocenters. The van der Waals surface area contributed by atoms with Gasteiger partial charge in [0, 0.05) is 12.6 Å². The molecule has 3 atom stereocenters. The second-order valence-corrected chi connectivity index (χ2v) is 4.19. The largest absolute Gasteiger partial charge is 0.384 e. The number of rotatable bonds is 1. The van der Waals surface area contributed by atoms with Crippen molar-refractivity contribution in [3.05, 3.63) is 0 Å². The molecule has 0 spiro atoms. The number of hydrogen-bond acceptors (Lipinski definition) is 2. The standard InChI is InChI=1S/C10H19NO2/c1-7-4-5-11(8(2)6-7)10(13)9(3)12/h7-9,12H,4-6H2,1-3H3/t7?,8?,9-/m1/s1. The molecular weight excluding hydrogens is 166 g/mol. The molecule has 1 aliphatic rings. The normalized spacial score (nSPS) is 31.5. The summed E-state index contributed by atoms with van der Waals surface area (Å²) in [6.07, 6.45) is 1.26. The fraction of sp³-hybridized carbons (Fsp3) is 0.900. The van der Waals surface area contributed by atoms with Gasteiger partial charge < -0.3 is 10.0 Å². The Morgan fingerprint density at radius 2 is 2.15 bits per heavy atom. The van der Waals surface area contributed by atoms with Gasteiger partial charge in [0.25, 0.3) is 5.91 Å². The average Bonchev–Trinajstić information content (AvgIpc) is 2.03. The first kappa shape index (κ1) is 10.5. The third-order valence-electron chi connectivity index (χ3n) is 2.78. The summed E-state index contributed by atoms with van der Waals surface area (Å²) in [5.74, 6) is 0.576. The number of carbonyl (C=O) groups excluding carboxylic acids is 1. The van der Waals surface area contributed by atoms with Crippen molar-refractivity contribution in [1.29, 1.82) is 0 Å². The molecule has 1 heterocycles. The number of likely N-dealkylation sites (tertiary alicyclic amines) is 1. The van der Waals surface area contributed by atoms with Crippen LogP contribution in [0.3, 0.4) is 0 Å². The van der Waals surface area contributed by atoms with Crippen molar-refractivity contribution in [2.45, 2.75) is 45.8 Å². The zero-order chi connectivity index (χ0) is 10.0. The molecular formula is C10H19NO2. The van der Waals surface area contributed by atoms with Crippen molar-refractivity contribution < 1.29 is 9.90 Å². The molecule has 1 saturated heterocycles. The highest BCUT2D eigenvalue weighted by molar-refractivity contribution is 5.80. The molecule has 0 saturated carbocycles. The van der Waals surface area contributed by atoms with Gasteiger partial charge >= 0.3 is 0 Å². The quantitative estimate of drug-likeness (QED) is 0.662. The van der Waals surface area contributed by atoms with Gasteiger partial charge in [0.05, 0.1) is 0 Å². The van der Waals surface area contributed by atoms with E-state index in [1.165, 1.54) is 6.92 Å². The van der Waals surface area contributed by atoms with E-state index in [2.05, 4.69) is 13.8 Å². The molecule has 13 heavy (non-hydrogen) atoms. The van der Waals surface area contributed by atoms with E-state index in [1.54, 1.807) is 4.90 Å². The molecule has 0 radical (unpaired) electrons. The predicted octanol–water partition coefficient (Wildman–Crippen LogP) is 1.01. The third kappa shape index (κ3) is 2.44. The zero-order valence-electron chi connectivity index (χ0n) is 8.66. The van der Waals surface area contributed by atoms with E-state index in [-0.39, 0.29) is 11.9 Å². The molecule has 0 aromatic carbocycles. The summed E-state index contributed by atoms with van der Waals surface area (Å²) in [6.45, 7) is 6.59. The van der Waals surface area contributed by atoms with E-state index in [9.17, 15) is 4.79 Å². The van der Waals surface area contributed by atoms with Gasteiger partial charge in [0.15, 0.2) is 0 Å². The van der Waals surface area contributed by atoms with E-state index in [4.69, 9.17) is 5.11 Å². The van der Waals surface area contributed by atoms with E-state index in [0.29, 0.717) is 5.92 Å². The Balaban J connectivity index is 2.56. The topological polar surface area (TPSA) is 40.5 Å². The first-order valence-electron chi connectivity index (χ1n) is 5.01. The maximum absolute atomic E-state index is 11.5. The van der Waals surface area contributed by atoms with Crippen LogP contribution in [0.5, 0.6) is 0 Å². The molecule has 3 nitrogen and oxygen atoms in total. The van der Waals surface area contributed by atoms with Crippen LogP contribution in [-0.2, 0) is 4.79 Å². The molecule has 1 N–H and O–H groups in total. The first-order chi connectivity index (χ1) is 6.02. The number of aliphatic hydroxyl groups excluding tert-OH is 1. The van der Waals surface area contributed by atoms with Crippen LogP contribution >= 0.6 is 0 Å².